The van der Waals surface area contributed by atoms with Gasteiger partial charge in [-0.3, -0.25) is 9.59 Å². The van der Waals surface area contributed by atoms with Crippen LogP contribution in [0.5, 0.6) is 17.2 Å². The number of rotatable bonds is 8. The number of halogens is 6. The van der Waals surface area contributed by atoms with Crippen molar-refractivity contribution in [1.82, 2.24) is 10.3 Å². The van der Waals surface area contributed by atoms with Crippen molar-refractivity contribution in [1.29, 1.82) is 0 Å². The van der Waals surface area contributed by atoms with Crippen LogP contribution in [0.25, 0.3) is 0 Å². The van der Waals surface area contributed by atoms with Gasteiger partial charge in [-0.2, -0.15) is 13.2 Å². The molecule has 0 spiro atoms. The fraction of sp³-hybridized carbons (Fsp3) is 0.323. The van der Waals surface area contributed by atoms with Crippen molar-refractivity contribution in [2.75, 3.05) is 20.3 Å². The second kappa shape index (κ2) is 11.8. The summed E-state index contributed by atoms with van der Waals surface area (Å²) in [5.41, 5.74) is -2.41. The van der Waals surface area contributed by atoms with Gasteiger partial charge in [0.2, 0.25) is 11.5 Å². The van der Waals surface area contributed by atoms with E-state index in [0.717, 1.165) is 18.9 Å². The number of amides is 2. The summed E-state index contributed by atoms with van der Waals surface area (Å²) in [4.78, 5) is 29.1. The molecule has 5 rings (SSSR count). The van der Waals surface area contributed by atoms with Gasteiger partial charge in [-0.25, -0.2) is 18.2 Å². The number of hydrogen-bond donors (Lipinski definition) is 3. The SMILES string of the molecule is COc1cc(C(=O)NC[C@](O)(c2cc3c(c(C#Cc4cc(F)c(F)c(F)c4)n2)OC[C@]3(C)C(N)=O)C(F)(F)F)ccc1OC1CC1. The molecule has 1 aliphatic heterocycles. The normalized spacial score (nSPS) is 18.4. The maximum absolute atomic E-state index is 14.6. The second-order valence-corrected chi connectivity index (χ2v) is 10.9. The smallest absolute Gasteiger partial charge is 0.424 e. The van der Waals surface area contributed by atoms with Gasteiger partial charge in [-0.1, -0.05) is 5.92 Å². The Morgan fingerprint density at radius 3 is 2.37 bits per heavy atom. The minimum Gasteiger partial charge on any atom is -0.493 e. The van der Waals surface area contributed by atoms with Crippen molar-refractivity contribution in [2.45, 2.75) is 43.1 Å². The van der Waals surface area contributed by atoms with Gasteiger partial charge in [0.15, 0.2) is 40.4 Å². The summed E-state index contributed by atoms with van der Waals surface area (Å²) < 4.78 is 101. The first kappa shape index (κ1) is 32.4. The molecule has 2 heterocycles. The molecular formula is C31H25F6N3O6. The Morgan fingerprint density at radius 1 is 1.11 bits per heavy atom. The highest BCUT2D eigenvalue weighted by atomic mass is 19.4. The number of carbonyl (C=O) groups is 2. The van der Waals surface area contributed by atoms with Crippen LogP contribution < -0.4 is 25.3 Å². The summed E-state index contributed by atoms with van der Waals surface area (Å²) in [5.74, 6) is -2.07. The molecule has 0 radical (unpaired) electrons. The molecule has 242 valence electrons. The van der Waals surface area contributed by atoms with E-state index in [4.69, 9.17) is 19.9 Å². The van der Waals surface area contributed by atoms with E-state index in [9.17, 15) is 41.0 Å². The van der Waals surface area contributed by atoms with E-state index in [0.29, 0.717) is 17.9 Å². The lowest BCUT2D eigenvalue weighted by Gasteiger charge is -2.31. The zero-order valence-electron chi connectivity index (χ0n) is 24.2. The maximum Gasteiger partial charge on any atom is 0.424 e. The molecule has 2 aromatic carbocycles. The summed E-state index contributed by atoms with van der Waals surface area (Å²) in [5, 5.41) is 13.2. The van der Waals surface area contributed by atoms with Gasteiger partial charge in [0, 0.05) is 16.7 Å². The first-order valence-corrected chi connectivity index (χ1v) is 13.6. The number of fused-ring (bicyclic) bond motifs is 1. The Labute approximate surface area is 257 Å². The van der Waals surface area contributed by atoms with Crippen LogP contribution in [-0.4, -0.2) is 54.4 Å². The Balaban J connectivity index is 1.54. The van der Waals surface area contributed by atoms with Gasteiger partial charge < -0.3 is 30.4 Å². The van der Waals surface area contributed by atoms with Gasteiger partial charge >= 0.3 is 6.18 Å². The molecule has 46 heavy (non-hydrogen) atoms. The fourth-order valence-electron chi connectivity index (χ4n) is 4.56. The zero-order valence-corrected chi connectivity index (χ0v) is 24.2. The van der Waals surface area contributed by atoms with E-state index in [-0.39, 0.29) is 28.7 Å². The molecule has 1 aromatic heterocycles. The summed E-state index contributed by atoms with van der Waals surface area (Å²) in [6.45, 7) is -0.592. The predicted molar refractivity (Wildman–Crippen MR) is 148 cm³/mol. The molecule has 1 fully saturated rings. The quantitative estimate of drug-likeness (QED) is 0.192. The van der Waals surface area contributed by atoms with E-state index >= 15 is 0 Å². The summed E-state index contributed by atoms with van der Waals surface area (Å²) >= 11 is 0. The van der Waals surface area contributed by atoms with Crippen LogP contribution in [0.2, 0.25) is 0 Å². The van der Waals surface area contributed by atoms with Crippen molar-refractivity contribution in [3.8, 4) is 29.1 Å². The van der Waals surface area contributed by atoms with Crippen LogP contribution >= 0.6 is 0 Å². The average Bonchev–Trinajstić information content (AvgIpc) is 3.76. The topological polar surface area (TPSA) is 133 Å². The summed E-state index contributed by atoms with van der Waals surface area (Å²) in [6, 6.07) is 5.86. The van der Waals surface area contributed by atoms with Crippen LogP contribution in [0.4, 0.5) is 26.3 Å². The second-order valence-electron chi connectivity index (χ2n) is 10.9. The Hall–Kier alpha value is -4.97. The number of nitrogens with zero attached hydrogens (tertiary/aromatic N) is 1. The molecule has 0 bridgehead atoms. The minimum absolute atomic E-state index is 0.00427. The number of carbonyl (C=O) groups excluding carboxylic acids is 2. The molecule has 9 nitrogen and oxygen atoms in total. The number of alkyl halides is 3. The predicted octanol–water partition coefficient (Wildman–Crippen LogP) is 3.76. The van der Waals surface area contributed by atoms with E-state index in [2.05, 4.69) is 22.1 Å². The van der Waals surface area contributed by atoms with Crippen molar-refractivity contribution in [2.24, 2.45) is 5.73 Å². The molecule has 15 heteroatoms. The number of benzene rings is 2. The number of ether oxygens (including phenoxy) is 3. The van der Waals surface area contributed by atoms with Crippen molar-refractivity contribution >= 4 is 11.8 Å². The highest BCUT2D eigenvalue weighted by Gasteiger charge is 2.57. The molecular weight excluding hydrogens is 624 g/mol. The van der Waals surface area contributed by atoms with Gasteiger partial charge in [-0.15, -0.1) is 0 Å². The van der Waals surface area contributed by atoms with Crippen molar-refractivity contribution < 1.29 is 55.2 Å². The Bertz CT molecular complexity index is 1780. The van der Waals surface area contributed by atoms with Gasteiger partial charge in [0.25, 0.3) is 5.91 Å². The van der Waals surface area contributed by atoms with Crippen LogP contribution in [-0.2, 0) is 15.8 Å². The molecule has 2 aliphatic rings. The third-order valence-electron chi connectivity index (χ3n) is 7.57. The number of primary amides is 1. The molecule has 2 amide bonds. The number of methoxy groups -OCH3 is 1. The van der Waals surface area contributed by atoms with Crippen LogP contribution in [0.3, 0.4) is 0 Å². The largest absolute Gasteiger partial charge is 0.493 e. The minimum atomic E-state index is -5.46. The standard InChI is InChI=1S/C31H25F6N3O6/c1-29(28(38)42)14-45-26-18(29)12-24(40-21(26)7-3-15-9-19(32)25(34)20(33)10-15)30(43,31(35,36)37)13-39-27(41)16-4-8-22(23(11-16)44-2)46-17-5-6-17/h4,8-12,17,43H,5-6,13-14H2,1-2H3,(H2,38,42)(H,39,41)/t29-,30-/m0/s1. The highest BCUT2D eigenvalue weighted by Crippen LogP contribution is 2.45. The molecule has 0 saturated heterocycles. The lowest BCUT2D eigenvalue weighted by atomic mass is 9.82. The monoisotopic (exact) mass is 649 g/mol. The first-order valence-electron chi connectivity index (χ1n) is 13.6. The highest BCUT2D eigenvalue weighted by molar-refractivity contribution is 5.95. The number of nitrogens with one attached hydrogen (secondary N) is 1. The van der Waals surface area contributed by atoms with Crippen LogP contribution in [0.1, 0.15) is 52.6 Å². The molecule has 2 atom stereocenters. The van der Waals surface area contributed by atoms with Gasteiger partial charge in [0.05, 0.1) is 25.5 Å². The number of aromatic nitrogens is 1. The lowest BCUT2D eigenvalue weighted by molar-refractivity contribution is -0.265. The molecule has 0 unspecified atom stereocenters. The number of nitrogens with two attached hydrogens (primary N) is 1. The lowest BCUT2D eigenvalue weighted by Crippen LogP contribution is -2.52. The van der Waals surface area contributed by atoms with E-state index in [1.807, 2.05) is 0 Å². The molecule has 1 aliphatic carbocycles. The van der Waals surface area contributed by atoms with E-state index < -0.39 is 76.6 Å². The molecule has 3 aromatic rings. The Morgan fingerprint density at radius 2 is 1.78 bits per heavy atom. The van der Waals surface area contributed by atoms with Crippen molar-refractivity contribution in [3.05, 3.63) is 81.9 Å². The average molecular weight is 650 g/mol. The Kier molecular flexibility index (Phi) is 8.28. The third kappa shape index (κ3) is 6.00. The first-order chi connectivity index (χ1) is 21.6. The van der Waals surface area contributed by atoms with Crippen LogP contribution in [0.15, 0.2) is 36.4 Å². The third-order valence-corrected chi connectivity index (χ3v) is 7.57. The van der Waals surface area contributed by atoms with Gasteiger partial charge in [-0.05, 0) is 62.1 Å². The summed E-state index contributed by atoms with van der Waals surface area (Å²) in [6.07, 6.45) is -3.76. The molecule has 1 saturated carbocycles. The van der Waals surface area contributed by atoms with Crippen LogP contribution in [0, 0.1) is 29.3 Å². The summed E-state index contributed by atoms with van der Waals surface area (Å²) in [7, 11) is 1.33. The number of aliphatic hydroxyl groups is 1. The zero-order chi connectivity index (χ0) is 33.6. The molecule has 4 N–H and O–H groups in total. The van der Waals surface area contributed by atoms with E-state index in [1.54, 1.807) is 0 Å². The van der Waals surface area contributed by atoms with Crippen molar-refractivity contribution in [3.63, 3.8) is 0 Å². The number of hydrogen-bond acceptors (Lipinski definition) is 7. The van der Waals surface area contributed by atoms with Gasteiger partial charge in [0.1, 0.15) is 12.0 Å². The number of pyridine rings is 1. The van der Waals surface area contributed by atoms with E-state index in [1.165, 1.54) is 32.2 Å². The fourth-order valence-corrected chi connectivity index (χ4v) is 4.56. The maximum atomic E-state index is 14.6.